The minimum atomic E-state index is 0.212. The zero-order chi connectivity index (χ0) is 8.97. The summed E-state index contributed by atoms with van der Waals surface area (Å²) in [5, 5.41) is 8.53. The van der Waals surface area contributed by atoms with Crippen molar-refractivity contribution < 1.29 is 4.74 Å². The van der Waals surface area contributed by atoms with Crippen molar-refractivity contribution in [2.45, 2.75) is 6.92 Å². The first-order chi connectivity index (χ1) is 5.77. The quantitative estimate of drug-likeness (QED) is 0.704. The summed E-state index contributed by atoms with van der Waals surface area (Å²) in [6, 6.07) is 5.14. The van der Waals surface area contributed by atoms with E-state index in [4.69, 9.17) is 15.7 Å². The summed E-state index contributed by atoms with van der Waals surface area (Å²) in [5.41, 5.74) is 5.82. The number of hydrogen-bond donors (Lipinski definition) is 1. The molecule has 4 heteroatoms. The molecule has 0 amide bonds. The molecule has 0 saturated carbocycles. The highest BCUT2D eigenvalue weighted by molar-refractivity contribution is 5.49. The van der Waals surface area contributed by atoms with Gasteiger partial charge in [0.25, 0.3) is 0 Å². The molecule has 0 atom stereocenters. The van der Waals surface area contributed by atoms with Crippen LogP contribution in [-0.4, -0.2) is 11.6 Å². The van der Waals surface area contributed by atoms with Crippen molar-refractivity contribution in [2.75, 3.05) is 12.3 Å². The molecule has 0 saturated heterocycles. The van der Waals surface area contributed by atoms with Crippen molar-refractivity contribution in [3.63, 3.8) is 0 Å². The second-order valence-electron chi connectivity index (χ2n) is 2.13. The maximum Gasteiger partial charge on any atom is 0.215 e. The smallest absolute Gasteiger partial charge is 0.215 e. The topological polar surface area (TPSA) is 71.9 Å². The van der Waals surface area contributed by atoms with Crippen LogP contribution in [0.5, 0.6) is 5.88 Å². The number of nitrogens with two attached hydrogens (primary N) is 1. The van der Waals surface area contributed by atoms with E-state index in [-0.39, 0.29) is 5.82 Å². The summed E-state index contributed by atoms with van der Waals surface area (Å²) in [4.78, 5) is 3.87. The van der Waals surface area contributed by atoms with Gasteiger partial charge in [-0.2, -0.15) is 10.2 Å². The molecule has 0 unspecified atom stereocenters. The summed E-state index contributed by atoms with van der Waals surface area (Å²) in [6.45, 7) is 2.40. The molecule has 1 rings (SSSR count). The monoisotopic (exact) mass is 163 g/mol. The summed E-state index contributed by atoms with van der Waals surface area (Å²) in [7, 11) is 0. The van der Waals surface area contributed by atoms with Crippen LogP contribution in [0, 0.1) is 11.3 Å². The lowest BCUT2D eigenvalue weighted by Gasteiger charge is -2.02. The second-order valence-corrected chi connectivity index (χ2v) is 2.13. The van der Waals surface area contributed by atoms with Crippen molar-refractivity contribution >= 4 is 5.82 Å². The lowest BCUT2D eigenvalue weighted by Crippen LogP contribution is -1.99. The van der Waals surface area contributed by atoms with Gasteiger partial charge < -0.3 is 10.5 Å². The number of hydrogen-bond acceptors (Lipinski definition) is 4. The predicted molar refractivity (Wildman–Crippen MR) is 44.5 cm³/mol. The average molecular weight is 163 g/mol. The first-order valence-electron chi connectivity index (χ1n) is 3.57. The van der Waals surface area contributed by atoms with Crippen molar-refractivity contribution in [1.82, 2.24) is 4.98 Å². The van der Waals surface area contributed by atoms with E-state index in [2.05, 4.69) is 4.98 Å². The maximum atomic E-state index is 8.53. The van der Waals surface area contributed by atoms with E-state index in [1.54, 1.807) is 12.1 Å². The highest BCUT2D eigenvalue weighted by Gasteiger charge is 2.00. The number of pyridine rings is 1. The highest BCUT2D eigenvalue weighted by atomic mass is 16.5. The van der Waals surface area contributed by atoms with E-state index in [9.17, 15) is 0 Å². The van der Waals surface area contributed by atoms with Gasteiger partial charge in [0.15, 0.2) is 0 Å². The minimum absolute atomic E-state index is 0.212. The molecule has 1 heterocycles. The van der Waals surface area contributed by atoms with Crippen LogP contribution in [0.2, 0.25) is 0 Å². The van der Waals surface area contributed by atoms with Gasteiger partial charge in [0, 0.05) is 6.07 Å². The van der Waals surface area contributed by atoms with Crippen LogP contribution in [0.25, 0.3) is 0 Å². The van der Waals surface area contributed by atoms with Gasteiger partial charge in [-0.3, -0.25) is 0 Å². The van der Waals surface area contributed by atoms with Crippen molar-refractivity contribution in [3.05, 3.63) is 17.7 Å². The second kappa shape index (κ2) is 3.58. The van der Waals surface area contributed by atoms with Crippen molar-refractivity contribution in [1.29, 1.82) is 5.26 Å². The molecule has 1 aromatic rings. The molecule has 0 aliphatic rings. The van der Waals surface area contributed by atoms with E-state index in [1.165, 1.54) is 0 Å². The molecule has 0 spiro atoms. The lowest BCUT2D eigenvalue weighted by atomic mass is 10.3. The summed E-state index contributed by atoms with van der Waals surface area (Å²) < 4.78 is 5.09. The molecule has 62 valence electrons. The molecule has 0 radical (unpaired) electrons. The zero-order valence-corrected chi connectivity index (χ0v) is 6.74. The van der Waals surface area contributed by atoms with Crippen molar-refractivity contribution in [2.24, 2.45) is 0 Å². The Bertz CT molecular complexity index is 317. The Balaban J connectivity index is 2.96. The van der Waals surface area contributed by atoms with Crippen LogP contribution < -0.4 is 10.5 Å². The number of aromatic nitrogens is 1. The largest absolute Gasteiger partial charge is 0.478 e. The average Bonchev–Trinajstić information content (AvgIpc) is 2.05. The molecular formula is C8H9N3O. The van der Waals surface area contributed by atoms with Crippen LogP contribution in [0.1, 0.15) is 12.5 Å². The Morgan fingerprint density at radius 1 is 1.67 bits per heavy atom. The number of nitrogen functional groups attached to an aromatic ring is 1. The number of rotatable bonds is 2. The third-order valence-electron chi connectivity index (χ3n) is 1.31. The van der Waals surface area contributed by atoms with Gasteiger partial charge >= 0.3 is 0 Å². The molecular weight excluding hydrogens is 154 g/mol. The van der Waals surface area contributed by atoms with Gasteiger partial charge in [0.2, 0.25) is 5.88 Å². The number of nitriles is 1. The Hall–Kier alpha value is -1.76. The first-order valence-corrected chi connectivity index (χ1v) is 3.57. The SMILES string of the molecule is CCOc1ccc(C#N)c(N)n1. The van der Waals surface area contributed by atoms with Gasteiger partial charge in [-0.05, 0) is 13.0 Å². The third kappa shape index (κ3) is 1.64. The van der Waals surface area contributed by atoms with Gasteiger partial charge in [-0.1, -0.05) is 0 Å². The van der Waals surface area contributed by atoms with Crippen LogP contribution in [0.4, 0.5) is 5.82 Å². The van der Waals surface area contributed by atoms with Crippen LogP contribution in [0.3, 0.4) is 0 Å². The molecule has 12 heavy (non-hydrogen) atoms. The molecule has 0 aliphatic heterocycles. The van der Waals surface area contributed by atoms with Crippen LogP contribution in [-0.2, 0) is 0 Å². The van der Waals surface area contributed by atoms with Crippen LogP contribution >= 0.6 is 0 Å². The van der Waals surface area contributed by atoms with Gasteiger partial charge in [0.05, 0.1) is 12.2 Å². The zero-order valence-electron chi connectivity index (χ0n) is 6.74. The fourth-order valence-electron chi connectivity index (χ4n) is 0.779. The Labute approximate surface area is 70.6 Å². The Morgan fingerprint density at radius 2 is 2.42 bits per heavy atom. The predicted octanol–water partition coefficient (Wildman–Crippen LogP) is 0.934. The molecule has 4 nitrogen and oxygen atoms in total. The van der Waals surface area contributed by atoms with Gasteiger partial charge in [-0.15, -0.1) is 0 Å². The fourth-order valence-corrected chi connectivity index (χ4v) is 0.779. The molecule has 0 aliphatic carbocycles. The summed E-state index contributed by atoms with van der Waals surface area (Å²) in [5.74, 6) is 0.664. The fraction of sp³-hybridized carbons (Fsp3) is 0.250. The Kier molecular flexibility index (Phi) is 2.49. The van der Waals surface area contributed by atoms with E-state index in [0.717, 1.165) is 0 Å². The standard InChI is InChI=1S/C8H9N3O/c1-2-12-7-4-3-6(5-9)8(10)11-7/h3-4H,2H2,1H3,(H2,10,11). The normalized spacial score (nSPS) is 9.00. The minimum Gasteiger partial charge on any atom is -0.478 e. The summed E-state index contributed by atoms with van der Waals surface area (Å²) >= 11 is 0. The molecule has 1 aromatic heterocycles. The number of anilines is 1. The molecule has 0 aromatic carbocycles. The van der Waals surface area contributed by atoms with E-state index in [1.807, 2.05) is 13.0 Å². The third-order valence-corrected chi connectivity index (χ3v) is 1.31. The lowest BCUT2D eigenvalue weighted by molar-refractivity contribution is 0.327. The maximum absolute atomic E-state index is 8.53. The number of nitrogens with zero attached hydrogens (tertiary/aromatic N) is 2. The van der Waals surface area contributed by atoms with Crippen LogP contribution in [0.15, 0.2) is 12.1 Å². The van der Waals surface area contributed by atoms with E-state index >= 15 is 0 Å². The summed E-state index contributed by atoms with van der Waals surface area (Å²) in [6.07, 6.45) is 0. The Morgan fingerprint density at radius 3 is 2.92 bits per heavy atom. The first kappa shape index (κ1) is 8.34. The van der Waals surface area contributed by atoms with E-state index in [0.29, 0.717) is 18.1 Å². The van der Waals surface area contributed by atoms with Crippen molar-refractivity contribution in [3.8, 4) is 11.9 Å². The molecule has 2 N–H and O–H groups in total. The highest BCUT2D eigenvalue weighted by Crippen LogP contribution is 2.13. The molecule has 0 bridgehead atoms. The number of ether oxygens (including phenoxy) is 1. The van der Waals surface area contributed by atoms with Gasteiger partial charge in [-0.25, -0.2) is 0 Å². The van der Waals surface area contributed by atoms with Gasteiger partial charge in [0.1, 0.15) is 11.9 Å². The van der Waals surface area contributed by atoms with E-state index < -0.39 is 0 Å². The molecule has 0 fully saturated rings.